The highest BCUT2D eigenvalue weighted by Gasteiger charge is 2.02. The molecule has 0 unspecified atom stereocenters. The molecule has 3 heteroatoms. The summed E-state index contributed by atoms with van der Waals surface area (Å²) in [4.78, 5) is 14.0. The van der Waals surface area contributed by atoms with E-state index in [4.69, 9.17) is 5.26 Å². The third-order valence-corrected chi connectivity index (χ3v) is 1.09. The van der Waals surface area contributed by atoms with Crippen molar-refractivity contribution in [3.05, 3.63) is 35.9 Å². The molecule has 0 spiro atoms. The van der Waals surface area contributed by atoms with Crippen molar-refractivity contribution >= 4 is 5.97 Å². The fraction of sp³-hybridized carbons (Fsp3) is 0.222. The second-order valence-corrected chi connectivity index (χ2v) is 1.74. The van der Waals surface area contributed by atoms with Gasteiger partial charge in [-0.2, -0.15) is 5.26 Å². The summed E-state index contributed by atoms with van der Waals surface area (Å²) in [6.07, 6.45) is 0. The second-order valence-electron chi connectivity index (χ2n) is 1.74. The number of hydrogen-bond donors (Lipinski definition) is 1. The first-order valence-electron chi connectivity index (χ1n) is 3.75. The van der Waals surface area contributed by atoms with Gasteiger partial charge in [0, 0.05) is 0 Å². The highest BCUT2D eigenvalue weighted by atomic mass is 17.1. The summed E-state index contributed by atoms with van der Waals surface area (Å²) in [5.74, 6) is -0.736. The van der Waals surface area contributed by atoms with Gasteiger partial charge in [0.15, 0.2) is 0 Å². The number of hydrogen-bond acceptors (Lipinski definition) is 3. The fourth-order valence-corrected chi connectivity index (χ4v) is 0.627. The van der Waals surface area contributed by atoms with Crippen molar-refractivity contribution in [1.29, 1.82) is 0 Å². The van der Waals surface area contributed by atoms with E-state index in [1.54, 1.807) is 30.3 Å². The lowest BCUT2D eigenvalue weighted by Gasteiger charge is -1.92. The third-order valence-electron chi connectivity index (χ3n) is 1.09. The van der Waals surface area contributed by atoms with E-state index >= 15 is 0 Å². The Morgan fingerprint density at radius 2 is 1.75 bits per heavy atom. The van der Waals surface area contributed by atoms with Crippen LogP contribution < -0.4 is 0 Å². The van der Waals surface area contributed by atoms with Gasteiger partial charge >= 0.3 is 5.97 Å². The SMILES string of the molecule is CC.O=C(OO)c1ccccc1. The largest absolute Gasteiger partial charge is 0.372 e. The molecule has 0 radical (unpaired) electrons. The smallest absolute Gasteiger partial charge is 0.296 e. The molecule has 66 valence electrons. The molecule has 0 amide bonds. The Balaban J connectivity index is 0.000000561. The molecule has 1 aromatic carbocycles. The van der Waals surface area contributed by atoms with Crippen molar-refractivity contribution in [3.63, 3.8) is 0 Å². The Morgan fingerprint density at radius 3 is 2.17 bits per heavy atom. The maximum atomic E-state index is 10.5. The van der Waals surface area contributed by atoms with Crippen LogP contribution in [0.5, 0.6) is 0 Å². The maximum absolute atomic E-state index is 10.5. The van der Waals surface area contributed by atoms with E-state index in [-0.39, 0.29) is 0 Å². The summed E-state index contributed by atoms with van der Waals surface area (Å²) in [6, 6.07) is 8.25. The van der Waals surface area contributed by atoms with Crippen LogP contribution in [-0.4, -0.2) is 11.2 Å². The van der Waals surface area contributed by atoms with E-state index in [1.807, 2.05) is 13.8 Å². The number of benzene rings is 1. The van der Waals surface area contributed by atoms with Crippen LogP contribution in [0.3, 0.4) is 0 Å². The Hall–Kier alpha value is -1.35. The van der Waals surface area contributed by atoms with Crippen LogP contribution in [-0.2, 0) is 4.89 Å². The second kappa shape index (κ2) is 6.37. The molecule has 0 aliphatic carbocycles. The average molecular weight is 168 g/mol. The minimum atomic E-state index is -0.736. The summed E-state index contributed by atoms with van der Waals surface area (Å²) >= 11 is 0. The standard InChI is InChI=1S/C7H6O3.C2H6/c8-7(10-9)6-4-2-1-3-5-6;1-2/h1-5,9H;1-2H3. The molecule has 0 aromatic heterocycles. The van der Waals surface area contributed by atoms with E-state index in [9.17, 15) is 4.79 Å². The summed E-state index contributed by atoms with van der Waals surface area (Å²) in [5.41, 5.74) is 0.338. The molecule has 3 nitrogen and oxygen atoms in total. The lowest BCUT2D eigenvalue weighted by atomic mass is 10.2. The van der Waals surface area contributed by atoms with Crippen LogP contribution in [0, 0.1) is 0 Å². The van der Waals surface area contributed by atoms with Gasteiger partial charge in [-0.25, -0.2) is 4.79 Å². The minimum Gasteiger partial charge on any atom is -0.296 e. The minimum absolute atomic E-state index is 0.338. The molecule has 0 fully saturated rings. The number of carbonyl (C=O) groups excluding carboxylic acids is 1. The van der Waals surface area contributed by atoms with Crippen molar-refractivity contribution < 1.29 is 14.9 Å². The lowest BCUT2D eigenvalue weighted by Crippen LogP contribution is -2.00. The predicted octanol–water partition coefficient (Wildman–Crippen LogP) is 2.34. The van der Waals surface area contributed by atoms with Gasteiger partial charge in [0.2, 0.25) is 0 Å². The normalized spacial score (nSPS) is 7.92. The topological polar surface area (TPSA) is 46.5 Å². The molecule has 1 rings (SSSR count). The number of rotatable bonds is 1. The van der Waals surface area contributed by atoms with Crippen LogP contribution in [0.1, 0.15) is 24.2 Å². The van der Waals surface area contributed by atoms with Crippen molar-refractivity contribution in [2.75, 3.05) is 0 Å². The van der Waals surface area contributed by atoms with Crippen molar-refractivity contribution in [3.8, 4) is 0 Å². The highest BCUT2D eigenvalue weighted by molar-refractivity contribution is 5.88. The molecule has 0 atom stereocenters. The van der Waals surface area contributed by atoms with Crippen LogP contribution in [0.4, 0.5) is 0 Å². The third kappa shape index (κ3) is 3.16. The predicted molar refractivity (Wildman–Crippen MR) is 45.8 cm³/mol. The van der Waals surface area contributed by atoms with Crippen LogP contribution in [0.25, 0.3) is 0 Å². The first-order valence-corrected chi connectivity index (χ1v) is 3.75. The summed E-state index contributed by atoms with van der Waals surface area (Å²) in [5, 5.41) is 7.94. The molecule has 0 saturated heterocycles. The van der Waals surface area contributed by atoms with Gasteiger partial charge in [-0.05, 0) is 12.1 Å². The molecule has 1 aromatic rings. The molecular weight excluding hydrogens is 156 g/mol. The molecule has 0 aliphatic rings. The zero-order valence-electron chi connectivity index (χ0n) is 7.15. The summed E-state index contributed by atoms with van der Waals surface area (Å²) < 4.78 is 0. The molecule has 0 heterocycles. The molecule has 12 heavy (non-hydrogen) atoms. The van der Waals surface area contributed by atoms with Crippen molar-refractivity contribution in [2.24, 2.45) is 0 Å². The molecule has 0 aliphatic heterocycles. The van der Waals surface area contributed by atoms with Gasteiger partial charge in [0.1, 0.15) is 0 Å². The first-order chi connectivity index (χ1) is 5.84. The maximum Gasteiger partial charge on any atom is 0.372 e. The van der Waals surface area contributed by atoms with E-state index in [1.165, 1.54) is 0 Å². The van der Waals surface area contributed by atoms with Gasteiger partial charge in [0.25, 0.3) is 0 Å². The Kier molecular flexibility index (Phi) is 5.65. The molecule has 0 bridgehead atoms. The Bertz CT molecular complexity index is 218. The molecular formula is C9H12O3. The van der Waals surface area contributed by atoms with Gasteiger partial charge < -0.3 is 0 Å². The van der Waals surface area contributed by atoms with Gasteiger partial charge in [0.05, 0.1) is 5.56 Å². The summed E-state index contributed by atoms with van der Waals surface area (Å²) in [7, 11) is 0. The fourth-order valence-electron chi connectivity index (χ4n) is 0.627. The summed E-state index contributed by atoms with van der Waals surface area (Å²) in [6.45, 7) is 4.00. The van der Waals surface area contributed by atoms with E-state index in [2.05, 4.69) is 4.89 Å². The zero-order valence-corrected chi connectivity index (χ0v) is 7.15. The highest BCUT2D eigenvalue weighted by Crippen LogP contribution is 1.98. The van der Waals surface area contributed by atoms with E-state index < -0.39 is 5.97 Å². The van der Waals surface area contributed by atoms with Crippen LogP contribution in [0.15, 0.2) is 30.3 Å². The van der Waals surface area contributed by atoms with Gasteiger partial charge in [-0.15, -0.1) is 0 Å². The zero-order chi connectivity index (χ0) is 9.40. The quantitative estimate of drug-likeness (QED) is 0.517. The van der Waals surface area contributed by atoms with Gasteiger partial charge in [-0.3, -0.25) is 4.89 Å². The Morgan fingerprint density at radius 1 is 1.25 bits per heavy atom. The Labute approximate surface area is 71.5 Å². The van der Waals surface area contributed by atoms with Crippen molar-refractivity contribution in [1.82, 2.24) is 0 Å². The van der Waals surface area contributed by atoms with E-state index in [0.29, 0.717) is 5.56 Å². The van der Waals surface area contributed by atoms with Crippen LogP contribution >= 0.6 is 0 Å². The van der Waals surface area contributed by atoms with Gasteiger partial charge in [-0.1, -0.05) is 32.0 Å². The molecule has 0 saturated carbocycles. The molecule has 1 N–H and O–H groups in total. The monoisotopic (exact) mass is 168 g/mol. The van der Waals surface area contributed by atoms with E-state index in [0.717, 1.165) is 0 Å². The lowest BCUT2D eigenvalue weighted by molar-refractivity contribution is -0.182. The average Bonchev–Trinajstić information content (AvgIpc) is 2.21. The van der Waals surface area contributed by atoms with Crippen LogP contribution in [0.2, 0.25) is 0 Å². The first kappa shape index (κ1) is 10.7. The van der Waals surface area contributed by atoms with Crippen molar-refractivity contribution in [2.45, 2.75) is 13.8 Å². The number of carbonyl (C=O) groups is 1.